The number of sulfonamides is 1. The Morgan fingerprint density at radius 1 is 1.17 bits per heavy atom. The molecule has 0 unspecified atom stereocenters. The number of nitrogens with one attached hydrogen (secondary N) is 1. The number of carbonyl (C=O) groups is 1. The third kappa shape index (κ3) is 6.72. The molecule has 0 aromatic heterocycles. The van der Waals surface area contributed by atoms with Crippen molar-refractivity contribution in [3.05, 3.63) is 59.4 Å². The van der Waals surface area contributed by atoms with E-state index in [1.54, 1.807) is 24.3 Å². The summed E-state index contributed by atoms with van der Waals surface area (Å²) in [5.74, 6) is 0.109. The van der Waals surface area contributed by atoms with Gasteiger partial charge in [-0.15, -0.1) is 0 Å². The first-order valence-electron chi connectivity index (χ1n) is 8.99. The van der Waals surface area contributed by atoms with Gasteiger partial charge < -0.3 is 14.8 Å². The van der Waals surface area contributed by atoms with Gasteiger partial charge in [0.15, 0.2) is 11.5 Å². The van der Waals surface area contributed by atoms with Crippen molar-refractivity contribution in [2.24, 2.45) is 0 Å². The molecule has 0 aliphatic carbocycles. The maximum atomic E-state index is 13.9. The molecular weight excluding hydrogens is 399 g/mol. The Morgan fingerprint density at radius 2 is 1.90 bits per heavy atom. The first kappa shape index (κ1) is 22.6. The van der Waals surface area contributed by atoms with Crippen LogP contribution in [0.15, 0.2) is 42.5 Å². The van der Waals surface area contributed by atoms with Crippen LogP contribution in [0.1, 0.15) is 18.1 Å². The van der Waals surface area contributed by atoms with Crippen molar-refractivity contribution in [3.63, 3.8) is 0 Å². The van der Waals surface area contributed by atoms with E-state index in [1.807, 2.05) is 6.92 Å². The second-order valence-corrected chi connectivity index (χ2v) is 8.30. The highest BCUT2D eigenvalue weighted by atomic mass is 32.2. The lowest BCUT2D eigenvalue weighted by Gasteiger charge is -2.20. The first-order chi connectivity index (χ1) is 13.7. The van der Waals surface area contributed by atoms with Gasteiger partial charge in [-0.1, -0.05) is 24.3 Å². The number of methoxy groups -OCH3 is 1. The summed E-state index contributed by atoms with van der Waals surface area (Å²) in [6, 6.07) is 11.1. The van der Waals surface area contributed by atoms with Crippen LogP contribution in [0.5, 0.6) is 11.5 Å². The number of carbonyl (C=O) groups excluding carboxylic acids is 1. The minimum atomic E-state index is -3.71. The molecule has 0 fully saturated rings. The zero-order valence-corrected chi connectivity index (χ0v) is 17.5. The summed E-state index contributed by atoms with van der Waals surface area (Å²) >= 11 is 0. The van der Waals surface area contributed by atoms with Crippen molar-refractivity contribution in [2.45, 2.75) is 20.0 Å². The van der Waals surface area contributed by atoms with E-state index >= 15 is 0 Å². The molecule has 2 rings (SSSR count). The van der Waals surface area contributed by atoms with Gasteiger partial charge in [0.1, 0.15) is 5.82 Å². The molecule has 29 heavy (non-hydrogen) atoms. The summed E-state index contributed by atoms with van der Waals surface area (Å²) in [7, 11) is -2.18. The second kappa shape index (κ2) is 10.2. The van der Waals surface area contributed by atoms with Crippen molar-refractivity contribution < 1.29 is 27.1 Å². The number of amides is 1. The SMILES string of the molecule is CCOc1cc(CNC(=O)CN(Cc2ccccc2F)S(C)(=O)=O)ccc1OC. The van der Waals surface area contributed by atoms with Crippen molar-refractivity contribution in [1.29, 1.82) is 0 Å². The monoisotopic (exact) mass is 424 g/mol. The highest BCUT2D eigenvalue weighted by molar-refractivity contribution is 7.88. The summed E-state index contributed by atoms with van der Waals surface area (Å²) in [5, 5.41) is 2.67. The minimum Gasteiger partial charge on any atom is -0.493 e. The molecule has 0 radical (unpaired) electrons. The molecule has 1 amide bonds. The Balaban J connectivity index is 2.03. The molecule has 1 N–H and O–H groups in total. The zero-order valence-electron chi connectivity index (χ0n) is 16.6. The lowest BCUT2D eigenvalue weighted by Crippen LogP contribution is -2.39. The van der Waals surface area contributed by atoms with Crippen molar-refractivity contribution in [3.8, 4) is 11.5 Å². The molecule has 0 saturated carbocycles. The van der Waals surface area contributed by atoms with Crippen molar-refractivity contribution in [2.75, 3.05) is 26.5 Å². The maximum absolute atomic E-state index is 13.9. The summed E-state index contributed by atoms with van der Waals surface area (Å²) in [6.07, 6.45) is 0.985. The topological polar surface area (TPSA) is 84.9 Å². The Labute approximate surface area is 170 Å². The molecule has 2 aromatic rings. The van der Waals surface area contributed by atoms with E-state index in [0.717, 1.165) is 16.1 Å². The number of ether oxygens (including phenoxy) is 2. The van der Waals surface area contributed by atoms with Crippen LogP contribution >= 0.6 is 0 Å². The quantitative estimate of drug-likeness (QED) is 0.633. The minimum absolute atomic E-state index is 0.181. The van der Waals surface area contributed by atoms with E-state index in [9.17, 15) is 17.6 Å². The predicted octanol–water partition coefficient (Wildman–Crippen LogP) is 2.31. The van der Waals surface area contributed by atoms with Crippen LogP contribution in [0, 0.1) is 5.82 Å². The van der Waals surface area contributed by atoms with Crippen LogP contribution in [0.3, 0.4) is 0 Å². The third-order valence-corrected chi connectivity index (χ3v) is 5.31. The lowest BCUT2D eigenvalue weighted by atomic mass is 10.2. The summed E-state index contributed by atoms with van der Waals surface area (Å²) in [6.45, 7) is 1.85. The van der Waals surface area contributed by atoms with Crippen LogP contribution in [-0.4, -0.2) is 45.1 Å². The van der Waals surface area contributed by atoms with Crippen LogP contribution < -0.4 is 14.8 Å². The number of hydrogen-bond donors (Lipinski definition) is 1. The van der Waals surface area contributed by atoms with Gasteiger partial charge in [-0.25, -0.2) is 12.8 Å². The van der Waals surface area contributed by atoms with Gasteiger partial charge in [0.25, 0.3) is 0 Å². The third-order valence-electron chi connectivity index (χ3n) is 4.11. The fraction of sp³-hybridized carbons (Fsp3) is 0.350. The molecule has 0 saturated heterocycles. The number of benzene rings is 2. The summed E-state index contributed by atoms with van der Waals surface area (Å²) in [5.41, 5.74) is 0.963. The Hall–Kier alpha value is -2.65. The largest absolute Gasteiger partial charge is 0.493 e. The number of hydrogen-bond acceptors (Lipinski definition) is 5. The number of halogens is 1. The zero-order chi connectivity index (χ0) is 21.4. The fourth-order valence-electron chi connectivity index (χ4n) is 2.62. The summed E-state index contributed by atoms with van der Waals surface area (Å²) in [4.78, 5) is 12.3. The van der Waals surface area contributed by atoms with E-state index in [0.29, 0.717) is 18.1 Å². The predicted molar refractivity (Wildman–Crippen MR) is 108 cm³/mol. The van der Waals surface area contributed by atoms with Crippen LogP contribution in [0.2, 0.25) is 0 Å². The maximum Gasteiger partial charge on any atom is 0.235 e. The average molecular weight is 424 g/mol. The van der Waals surface area contributed by atoms with Crippen LogP contribution in [-0.2, 0) is 27.9 Å². The van der Waals surface area contributed by atoms with Gasteiger partial charge in [0.05, 0.1) is 26.5 Å². The van der Waals surface area contributed by atoms with E-state index in [2.05, 4.69) is 5.32 Å². The molecule has 158 valence electrons. The van der Waals surface area contributed by atoms with Gasteiger partial charge in [0, 0.05) is 18.7 Å². The molecule has 0 spiro atoms. The lowest BCUT2D eigenvalue weighted by molar-refractivity contribution is -0.121. The van der Waals surface area contributed by atoms with Gasteiger partial charge in [-0.3, -0.25) is 4.79 Å². The molecular formula is C20H25FN2O5S. The highest BCUT2D eigenvalue weighted by Gasteiger charge is 2.21. The van der Waals surface area contributed by atoms with Crippen molar-refractivity contribution in [1.82, 2.24) is 9.62 Å². The average Bonchev–Trinajstić information content (AvgIpc) is 2.67. The van der Waals surface area contributed by atoms with E-state index in [-0.39, 0.29) is 18.7 Å². The van der Waals surface area contributed by atoms with Gasteiger partial charge >= 0.3 is 0 Å². The molecule has 0 atom stereocenters. The Morgan fingerprint density at radius 3 is 2.52 bits per heavy atom. The molecule has 7 nitrogen and oxygen atoms in total. The second-order valence-electron chi connectivity index (χ2n) is 6.32. The van der Waals surface area contributed by atoms with Gasteiger partial charge in [-0.2, -0.15) is 4.31 Å². The smallest absolute Gasteiger partial charge is 0.235 e. The Bertz CT molecular complexity index is 950. The Kier molecular flexibility index (Phi) is 7.98. The van der Waals surface area contributed by atoms with E-state index in [1.165, 1.54) is 25.3 Å². The molecule has 0 aliphatic rings. The summed E-state index contributed by atoms with van der Waals surface area (Å²) < 4.78 is 49.6. The molecule has 0 bridgehead atoms. The van der Waals surface area contributed by atoms with Crippen LogP contribution in [0.25, 0.3) is 0 Å². The standard InChI is InChI=1S/C20H25FN2O5S/c1-4-28-19-11-15(9-10-18(19)27-2)12-22-20(24)14-23(29(3,25)26)13-16-7-5-6-8-17(16)21/h5-11H,4,12-14H2,1-3H3,(H,22,24). The normalized spacial score (nSPS) is 11.3. The van der Waals surface area contributed by atoms with Gasteiger partial charge in [0.2, 0.25) is 15.9 Å². The first-order valence-corrected chi connectivity index (χ1v) is 10.8. The van der Waals surface area contributed by atoms with Crippen LogP contribution in [0.4, 0.5) is 4.39 Å². The molecule has 9 heteroatoms. The van der Waals surface area contributed by atoms with E-state index in [4.69, 9.17) is 9.47 Å². The molecule has 2 aromatic carbocycles. The van der Waals surface area contributed by atoms with Crippen molar-refractivity contribution >= 4 is 15.9 Å². The van der Waals surface area contributed by atoms with E-state index < -0.39 is 28.3 Å². The fourth-order valence-corrected chi connectivity index (χ4v) is 3.35. The van der Waals surface area contributed by atoms with Gasteiger partial charge in [-0.05, 0) is 30.7 Å². The number of rotatable bonds is 10. The molecule has 0 aliphatic heterocycles. The molecule has 0 heterocycles. The highest BCUT2D eigenvalue weighted by Crippen LogP contribution is 2.28. The number of nitrogens with zero attached hydrogens (tertiary/aromatic N) is 1.